The van der Waals surface area contributed by atoms with Crippen molar-refractivity contribution in [3.05, 3.63) is 12.7 Å². The Kier molecular flexibility index (Phi) is 3.65. The average molecular weight is 209 g/mol. The molecule has 0 radical (unpaired) electrons. The summed E-state index contributed by atoms with van der Waals surface area (Å²) in [5, 5.41) is 0. The molecule has 1 aliphatic rings. The van der Waals surface area contributed by atoms with Gasteiger partial charge in [0, 0.05) is 12.1 Å². The third-order valence-electron chi connectivity index (χ3n) is 4.18. The van der Waals surface area contributed by atoms with Gasteiger partial charge in [0.15, 0.2) is 0 Å². The van der Waals surface area contributed by atoms with E-state index in [4.69, 9.17) is 0 Å². The van der Waals surface area contributed by atoms with E-state index in [1.165, 1.54) is 19.3 Å². The van der Waals surface area contributed by atoms with E-state index in [2.05, 4.69) is 52.3 Å². The highest BCUT2D eigenvalue weighted by atomic mass is 15.2. The largest absolute Gasteiger partial charge is 0.300 e. The maximum atomic E-state index is 4.01. The van der Waals surface area contributed by atoms with Gasteiger partial charge in [0.25, 0.3) is 0 Å². The minimum atomic E-state index is 0.292. The lowest BCUT2D eigenvalue weighted by Gasteiger charge is -2.45. The van der Waals surface area contributed by atoms with E-state index in [1.807, 2.05) is 0 Å². The fraction of sp³-hybridized carbons (Fsp3) is 0.857. The van der Waals surface area contributed by atoms with Crippen LogP contribution in [0.15, 0.2) is 12.7 Å². The second-order valence-electron chi connectivity index (χ2n) is 6.37. The first-order valence-electron chi connectivity index (χ1n) is 6.14. The molecular formula is C14H27N. The molecule has 1 heterocycles. The molecule has 0 aliphatic carbocycles. The van der Waals surface area contributed by atoms with Crippen LogP contribution in [-0.2, 0) is 0 Å². The van der Waals surface area contributed by atoms with Crippen LogP contribution in [0.4, 0.5) is 0 Å². The minimum Gasteiger partial charge on any atom is -0.300 e. The Morgan fingerprint density at radius 3 is 2.47 bits per heavy atom. The Balaban J connectivity index is 2.85. The molecule has 15 heavy (non-hydrogen) atoms. The van der Waals surface area contributed by atoms with Gasteiger partial charge in [-0.2, -0.15) is 0 Å². The molecule has 0 amide bonds. The molecule has 88 valence electrons. The summed E-state index contributed by atoms with van der Waals surface area (Å²) in [4.78, 5) is 2.50. The molecular weight excluding hydrogens is 182 g/mol. The third kappa shape index (κ3) is 3.07. The SMILES string of the molecule is C=CC1(C)CCC(C)CC(C)(C)N(C)C1. The molecule has 0 bridgehead atoms. The number of likely N-dealkylation sites (tertiary alicyclic amines) is 1. The lowest BCUT2D eigenvalue weighted by Crippen LogP contribution is -2.48. The van der Waals surface area contributed by atoms with Crippen LogP contribution in [0.2, 0.25) is 0 Å². The van der Waals surface area contributed by atoms with Crippen LogP contribution < -0.4 is 0 Å². The highest BCUT2D eigenvalue weighted by molar-refractivity contribution is 4.98. The minimum absolute atomic E-state index is 0.292. The van der Waals surface area contributed by atoms with Crippen LogP contribution in [0.1, 0.15) is 47.0 Å². The summed E-state index contributed by atoms with van der Waals surface area (Å²) in [5.41, 5.74) is 0.616. The van der Waals surface area contributed by atoms with Crippen LogP contribution in [0.3, 0.4) is 0 Å². The van der Waals surface area contributed by atoms with Gasteiger partial charge >= 0.3 is 0 Å². The van der Waals surface area contributed by atoms with E-state index < -0.39 is 0 Å². The van der Waals surface area contributed by atoms with Crippen molar-refractivity contribution >= 4 is 0 Å². The molecule has 1 saturated heterocycles. The molecule has 0 spiro atoms. The molecule has 1 aliphatic heterocycles. The van der Waals surface area contributed by atoms with E-state index in [-0.39, 0.29) is 0 Å². The molecule has 1 heteroatoms. The quantitative estimate of drug-likeness (QED) is 0.595. The number of hydrogen-bond acceptors (Lipinski definition) is 1. The zero-order valence-electron chi connectivity index (χ0n) is 11.1. The summed E-state index contributed by atoms with van der Waals surface area (Å²) in [6.07, 6.45) is 6.06. The summed E-state index contributed by atoms with van der Waals surface area (Å²) < 4.78 is 0. The fourth-order valence-corrected chi connectivity index (χ4v) is 2.69. The van der Waals surface area contributed by atoms with Crippen molar-refractivity contribution in [1.82, 2.24) is 4.90 Å². The van der Waals surface area contributed by atoms with Gasteiger partial charge in [-0.3, -0.25) is 0 Å². The predicted octanol–water partition coefficient (Wildman–Crippen LogP) is 3.71. The Bertz CT molecular complexity index is 231. The van der Waals surface area contributed by atoms with Gasteiger partial charge < -0.3 is 4.90 Å². The lowest BCUT2D eigenvalue weighted by atomic mass is 9.76. The molecule has 2 unspecified atom stereocenters. The van der Waals surface area contributed by atoms with Gasteiger partial charge in [-0.25, -0.2) is 0 Å². The Morgan fingerprint density at radius 1 is 1.33 bits per heavy atom. The Hall–Kier alpha value is -0.300. The molecule has 0 aromatic carbocycles. The van der Waals surface area contributed by atoms with E-state index in [9.17, 15) is 0 Å². The van der Waals surface area contributed by atoms with Crippen LogP contribution in [0.25, 0.3) is 0 Å². The Labute approximate surface area is 95.5 Å². The number of nitrogens with zero attached hydrogens (tertiary/aromatic N) is 1. The molecule has 2 atom stereocenters. The van der Waals surface area contributed by atoms with Crippen molar-refractivity contribution in [3.8, 4) is 0 Å². The highest BCUT2D eigenvalue weighted by Crippen LogP contribution is 2.36. The van der Waals surface area contributed by atoms with Crippen molar-refractivity contribution < 1.29 is 0 Å². The van der Waals surface area contributed by atoms with Crippen molar-refractivity contribution in [3.63, 3.8) is 0 Å². The molecule has 0 N–H and O–H groups in total. The molecule has 0 aromatic heterocycles. The Morgan fingerprint density at radius 2 is 1.93 bits per heavy atom. The van der Waals surface area contributed by atoms with Crippen molar-refractivity contribution in [2.75, 3.05) is 13.6 Å². The molecule has 0 saturated carbocycles. The normalized spacial score (nSPS) is 38.1. The summed E-state index contributed by atoms with van der Waals surface area (Å²) >= 11 is 0. The first kappa shape index (κ1) is 12.8. The van der Waals surface area contributed by atoms with Gasteiger partial charge in [0.1, 0.15) is 0 Å². The molecule has 1 nitrogen and oxygen atoms in total. The van der Waals surface area contributed by atoms with Crippen LogP contribution in [0.5, 0.6) is 0 Å². The fourth-order valence-electron chi connectivity index (χ4n) is 2.69. The summed E-state index contributed by atoms with van der Waals surface area (Å²) in [6.45, 7) is 14.6. The van der Waals surface area contributed by atoms with E-state index in [1.54, 1.807) is 0 Å². The first-order valence-corrected chi connectivity index (χ1v) is 6.14. The smallest absolute Gasteiger partial charge is 0.0153 e. The van der Waals surface area contributed by atoms with E-state index >= 15 is 0 Å². The molecule has 1 rings (SSSR count). The van der Waals surface area contributed by atoms with Crippen molar-refractivity contribution in [1.29, 1.82) is 0 Å². The van der Waals surface area contributed by atoms with Gasteiger partial charge in [0.2, 0.25) is 0 Å². The average Bonchev–Trinajstić information content (AvgIpc) is 2.13. The van der Waals surface area contributed by atoms with Crippen LogP contribution in [-0.4, -0.2) is 24.0 Å². The topological polar surface area (TPSA) is 3.24 Å². The third-order valence-corrected chi connectivity index (χ3v) is 4.18. The number of hydrogen-bond donors (Lipinski definition) is 0. The standard InChI is InChI=1S/C14H27N/c1-7-14(5)9-8-12(2)10-13(3,4)15(6)11-14/h7,12H,1,8-11H2,2-6H3. The van der Waals surface area contributed by atoms with Crippen LogP contribution >= 0.6 is 0 Å². The number of rotatable bonds is 1. The summed E-state index contributed by atoms with van der Waals surface area (Å²) in [7, 11) is 2.25. The van der Waals surface area contributed by atoms with Gasteiger partial charge in [-0.05, 0) is 51.5 Å². The zero-order valence-corrected chi connectivity index (χ0v) is 11.1. The maximum absolute atomic E-state index is 4.01. The van der Waals surface area contributed by atoms with Crippen molar-refractivity contribution in [2.24, 2.45) is 11.3 Å². The van der Waals surface area contributed by atoms with Gasteiger partial charge in [-0.1, -0.05) is 19.9 Å². The van der Waals surface area contributed by atoms with Crippen LogP contribution in [0, 0.1) is 11.3 Å². The molecule has 0 aromatic rings. The zero-order chi connectivity index (χ0) is 11.7. The van der Waals surface area contributed by atoms with E-state index in [0.717, 1.165) is 12.5 Å². The predicted molar refractivity (Wildman–Crippen MR) is 68.0 cm³/mol. The van der Waals surface area contributed by atoms with Gasteiger partial charge in [0.05, 0.1) is 0 Å². The second kappa shape index (κ2) is 4.29. The first-order chi connectivity index (χ1) is 6.79. The maximum Gasteiger partial charge on any atom is 0.0153 e. The van der Waals surface area contributed by atoms with Gasteiger partial charge in [-0.15, -0.1) is 6.58 Å². The summed E-state index contributed by atoms with van der Waals surface area (Å²) in [5.74, 6) is 0.821. The lowest BCUT2D eigenvalue weighted by molar-refractivity contribution is 0.0647. The second-order valence-corrected chi connectivity index (χ2v) is 6.37. The molecule has 1 fully saturated rings. The highest BCUT2D eigenvalue weighted by Gasteiger charge is 2.34. The van der Waals surface area contributed by atoms with Crippen molar-refractivity contribution in [2.45, 2.75) is 52.5 Å². The van der Waals surface area contributed by atoms with E-state index in [0.29, 0.717) is 11.0 Å². The summed E-state index contributed by atoms with van der Waals surface area (Å²) in [6, 6.07) is 0. The monoisotopic (exact) mass is 209 g/mol.